The number of rotatable bonds is 8. The van der Waals surface area contributed by atoms with Gasteiger partial charge in [0.1, 0.15) is 5.52 Å². The molecule has 0 saturated carbocycles. The molecule has 3 aromatic rings. The quantitative estimate of drug-likeness (QED) is 0.477. The first kappa shape index (κ1) is 16.3. The van der Waals surface area contributed by atoms with Gasteiger partial charge in [-0.1, -0.05) is 19.1 Å². The van der Waals surface area contributed by atoms with Crippen molar-refractivity contribution < 1.29 is 9.15 Å². The average molecular weight is 325 g/mol. The number of nitrogens with one attached hydrogen (secondary N) is 1. The van der Waals surface area contributed by atoms with E-state index in [-0.39, 0.29) is 0 Å². The van der Waals surface area contributed by atoms with Crippen molar-refractivity contribution in [3.8, 4) is 11.5 Å². The fraction of sp³-hybridized carbons (Fsp3) is 0.316. The highest BCUT2D eigenvalue weighted by Gasteiger charge is 2.09. The predicted octanol–water partition coefficient (Wildman–Crippen LogP) is 4.31. The molecule has 0 spiro atoms. The molecule has 0 bridgehead atoms. The van der Waals surface area contributed by atoms with Crippen molar-refractivity contribution in [3.05, 3.63) is 42.5 Å². The fourth-order valence-corrected chi connectivity index (χ4v) is 2.50. The van der Waals surface area contributed by atoms with E-state index in [1.54, 1.807) is 0 Å². The minimum Gasteiger partial charge on any atom is -0.436 e. The number of oxazole rings is 1. The predicted molar refractivity (Wildman–Crippen MR) is 98.1 cm³/mol. The van der Waals surface area contributed by atoms with Crippen LogP contribution in [0.1, 0.15) is 19.8 Å². The molecule has 0 fully saturated rings. The molecule has 126 valence electrons. The van der Waals surface area contributed by atoms with Crippen LogP contribution in [-0.4, -0.2) is 24.7 Å². The highest BCUT2D eigenvalue weighted by molar-refractivity contribution is 5.78. The Hall–Kier alpha value is -2.53. The standard InChI is InChI=1S/C19H23N3O2/c1-2-11-23-12-5-10-21-16-9-8-14(13-15(16)20)19-22-17-6-3-4-7-18(17)24-19/h3-4,6-9,13,21H,2,5,10-12,20H2,1H3. The van der Waals surface area contributed by atoms with Crippen LogP contribution in [0.25, 0.3) is 22.6 Å². The van der Waals surface area contributed by atoms with Crippen molar-refractivity contribution >= 4 is 22.5 Å². The molecule has 1 aromatic heterocycles. The maximum atomic E-state index is 6.15. The molecule has 1 heterocycles. The van der Waals surface area contributed by atoms with E-state index in [4.69, 9.17) is 14.9 Å². The van der Waals surface area contributed by atoms with Gasteiger partial charge < -0.3 is 20.2 Å². The van der Waals surface area contributed by atoms with Gasteiger partial charge in [-0.3, -0.25) is 0 Å². The van der Waals surface area contributed by atoms with Crippen molar-refractivity contribution in [1.82, 2.24) is 4.98 Å². The highest BCUT2D eigenvalue weighted by atomic mass is 16.5. The number of para-hydroxylation sites is 2. The Labute approximate surface area is 141 Å². The lowest BCUT2D eigenvalue weighted by Gasteiger charge is -2.10. The van der Waals surface area contributed by atoms with Crippen LogP contribution in [0.5, 0.6) is 0 Å². The van der Waals surface area contributed by atoms with Gasteiger partial charge in [0.25, 0.3) is 0 Å². The van der Waals surface area contributed by atoms with E-state index in [9.17, 15) is 0 Å². The Morgan fingerprint density at radius 3 is 2.83 bits per heavy atom. The van der Waals surface area contributed by atoms with Gasteiger partial charge in [-0.15, -0.1) is 0 Å². The van der Waals surface area contributed by atoms with E-state index in [0.717, 1.165) is 55.0 Å². The zero-order chi connectivity index (χ0) is 16.8. The Balaban J connectivity index is 1.64. The summed E-state index contributed by atoms with van der Waals surface area (Å²) in [5, 5.41) is 3.34. The van der Waals surface area contributed by atoms with Crippen LogP contribution >= 0.6 is 0 Å². The monoisotopic (exact) mass is 325 g/mol. The molecule has 0 radical (unpaired) electrons. The third-order valence-electron chi connectivity index (χ3n) is 3.72. The molecule has 0 aliphatic rings. The normalized spacial score (nSPS) is 11.0. The summed E-state index contributed by atoms with van der Waals surface area (Å²) in [5.41, 5.74) is 10.3. The van der Waals surface area contributed by atoms with Crippen molar-refractivity contribution in [2.45, 2.75) is 19.8 Å². The van der Waals surface area contributed by atoms with Gasteiger partial charge in [0, 0.05) is 25.3 Å². The summed E-state index contributed by atoms with van der Waals surface area (Å²) in [6, 6.07) is 13.5. The van der Waals surface area contributed by atoms with Gasteiger partial charge in [-0.2, -0.15) is 0 Å². The highest BCUT2D eigenvalue weighted by Crippen LogP contribution is 2.28. The number of benzene rings is 2. The summed E-state index contributed by atoms with van der Waals surface area (Å²) >= 11 is 0. The first-order chi connectivity index (χ1) is 11.8. The lowest BCUT2D eigenvalue weighted by Crippen LogP contribution is -2.07. The molecule has 5 nitrogen and oxygen atoms in total. The summed E-state index contributed by atoms with van der Waals surface area (Å²) in [7, 11) is 0. The van der Waals surface area contributed by atoms with E-state index in [1.165, 1.54) is 0 Å². The maximum absolute atomic E-state index is 6.15. The smallest absolute Gasteiger partial charge is 0.227 e. The number of aromatic nitrogens is 1. The third kappa shape index (κ3) is 3.86. The minimum atomic E-state index is 0.586. The minimum absolute atomic E-state index is 0.586. The average Bonchev–Trinajstić information content (AvgIpc) is 3.03. The molecule has 3 rings (SSSR count). The molecule has 24 heavy (non-hydrogen) atoms. The second kappa shape index (κ2) is 7.84. The molecule has 0 saturated heterocycles. The third-order valence-corrected chi connectivity index (χ3v) is 3.72. The molecule has 0 atom stereocenters. The Morgan fingerprint density at radius 1 is 1.17 bits per heavy atom. The van der Waals surface area contributed by atoms with Crippen LogP contribution in [0.4, 0.5) is 11.4 Å². The van der Waals surface area contributed by atoms with Crippen molar-refractivity contribution in [2.24, 2.45) is 0 Å². The first-order valence-corrected chi connectivity index (χ1v) is 8.35. The number of nitrogens with two attached hydrogens (primary N) is 1. The molecule has 2 aromatic carbocycles. The lowest BCUT2D eigenvalue weighted by atomic mass is 10.1. The van der Waals surface area contributed by atoms with Crippen LogP contribution in [0.15, 0.2) is 46.9 Å². The summed E-state index contributed by atoms with van der Waals surface area (Å²) in [6.45, 7) is 4.52. The number of anilines is 2. The van der Waals surface area contributed by atoms with Crippen LogP contribution in [0.3, 0.4) is 0 Å². The van der Waals surface area contributed by atoms with E-state index in [0.29, 0.717) is 11.6 Å². The van der Waals surface area contributed by atoms with E-state index in [2.05, 4.69) is 17.2 Å². The molecule has 0 unspecified atom stereocenters. The number of nitrogen functional groups attached to an aromatic ring is 1. The molecule has 3 N–H and O–H groups in total. The summed E-state index contributed by atoms with van der Waals surface area (Å²) in [4.78, 5) is 4.50. The van der Waals surface area contributed by atoms with Gasteiger partial charge in [0.05, 0.1) is 11.4 Å². The zero-order valence-corrected chi connectivity index (χ0v) is 13.9. The molecule has 0 amide bonds. The Morgan fingerprint density at radius 2 is 2.04 bits per heavy atom. The van der Waals surface area contributed by atoms with Crippen LogP contribution in [0, 0.1) is 0 Å². The largest absolute Gasteiger partial charge is 0.436 e. The lowest BCUT2D eigenvalue weighted by molar-refractivity contribution is 0.134. The van der Waals surface area contributed by atoms with Crippen molar-refractivity contribution in [3.63, 3.8) is 0 Å². The van der Waals surface area contributed by atoms with Crippen molar-refractivity contribution in [2.75, 3.05) is 30.8 Å². The van der Waals surface area contributed by atoms with Crippen LogP contribution in [-0.2, 0) is 4.74 Å². The van der Waals surface area contributed by atoms with E-state index in [1.807, 2.05) is 42.5 Å². The summed E-state index contributed by atoms with van der Waals surface area (Å²) < 4.78 is 11.2. The van der Waals surface area contributed by atoms with Gasteiger partial charge in [0.2, 0.25) is 5.89 Å². The molecular weight excluding hydrogens is 302 g/mol. The number of fused-ring (bicyclic) bond motifs is 1. The Kier molecular flexibility index (Phi) is 5.33. The molecule has 0 aliphatic heterocycles. The van der Waals surface area contributed by atoms with E-state index < -0.39 is 0 Å². The summed E-state index contributed by atoms with van der Waals surface area (Å²) in [6.07, 6.45) is 2.00. The second-order valence-electron chi connectivity index (χ2n) is 5.68. The number of nitrogens with zero attached hydrogens (tertiary/aromatic N) is 1. The van der Waals surface area contributed by atoms with E-state index >= 15 is 0 Å². The number of hydrogen-bond acceptors (Lipinski definition) is 5. The zero-order valence-electron chi connectivity index (χ0n) is 13.9. The maximum Gasteiger partial charge on any atom is 0.227 e. The van der Waals surface area contributed by atoms with Crippen molar-refractivity contribution in [1.29, 1.82) is 0 Å². The molecular formula is C19H23N3O2. The molecule has 0 aliphatic carbocycles. The van der Waals surface area contributed by atoms with Crippen LogP contribution < -0.4 is 11.1 Å². The summed E-state index contributed by atoms with van der Waals surface area (Å²) in [5.74, 6) is 0.586. The van der Waals surface area contributed by atoms with Gasteiger partial charge >= 0.3 is 0 Å². The van der Waals surface area contributed by atoms with Crippen LogP contribution in [0.2, 0.25) is 0 Å². The fourth-order valence-electron chi connectivity index (χ4n) is 2.50. The second-order valence-corrected chi connectivity index (χ2v) is 5.68. The number of hydrogen-bond donors (Lipinski definition) is 2. The van der Waals surface area contributed by atoms with Gasteiger partial charge in [0.15, 0.2) is 5.58 Å². The number of ether oxygens (including phenoxy) is 1. The van der Waals surface area contributed by atoms with Gasteiger partial charge in [-0.05, 0) is 43.2 Å². The topological polar surface area (TPSA) is 73.3 Å². The molecule has 5 heteroatoms. The SMILES string of the molecule is CCCOCCCNc1ccc(-c2nc3ccccc3o2)cc1N. The van der Waals surface area contributed by atoms with Gasteiger partial charge in [-0.25, -0.2) is 4.98 Å². The Bertz CT molecular complexity index is 765. The first-order valence-electron chi connectivity index (χ1n) is 8.35.